The molecule has 6 nitrogen and oxygen atoms in total. The van der Waals surface area contributed by atoms with Crippen LogP contribution in [-0.4, -0.2) is 60.5 Å². The highest BCUT2D eigenvalue weighted by Crippen LogP contribution is 2.26. The molecule has 0 spiro atoms. The van der Waals surface area contributed by atoms with Gasteiger partial charge in [-0.2, -0.15) is 0 Å². The van der Waals surface area contributed by atoms with Crippen molar-refractivity contribution in [2.75, 3.05) is 26.8 Å². The molecule has 1 fully saturated rings. The molecule has 192 valence electrons. The number of hydrogen-bond acceptors (Lipinski definition) is 6. The molecule has 1 heterocycles. The lowest BCUT2D eigenvalue weighted by molar-refractivity contribution is -0.139. The predicted octanol–water partition coefficient (Wildman–Crippen LogP) is 4.21. The van der Waals surface area contributed by atoms with E-state index in [1.165, 1.54) is 30.9 Å². The number of esters is 1. The molecular weight excluding hydrogens is 471 g/mol. The van der Waals surface area contributed by atoms with Crippen LogP contribution in [0.25, 0.3) is 0 Å². The number of methoxy groups -OCH3 is 1. The first-order chi connectivity index (χ1) is 16.6. The average molecular weight is 507 g/mol. The van der Waals surface area contributed by atoms with Crippen LogP contribution in [0.2, 0.25) is 5.02 Å². The van der Waals surface area contributed by atoms with Crippen molar-refractivity contribution in [3.8, 4) is 5.75 Å². The van der Waals surface area contributed by atoms with Gasteiger partial charge in [0.25, 0.3) is 0 Å². The minimum absolute atomic E-state index is 0.0312. The number of aliphatic hydroxyl groups is 1. The zero-order valence-corrected chi connectivity index (χ0v) is 21.6. The third-order valence-electron chi connectivity index (χ3n) is 6.60. The van der Waals surface area contributed by atoms with E-state index in [1.54, 1.807) is 6.92 Å². The van der Waals surface area contributed by atoms with Crippen LogP contribution in [0.4, 0.5) is 4.39 Å². The largest absolute Gasteiger partial charge is 0.490 e. The van der Waals surface area contributed by atoms with Gasteiger partial charge in [0.2, 0.25) is 0 Å². The number of carbonyl (C=O) groups excluding carboxylic acids is 1. The van der Waals surface area contributed by atoms with E-state index in [4.69, 9.17) is 21.1 Å². The first kappa shape index (κ1) is 27.4. The molecule has 1 aliphatic heterocycles. The van der Waals surface area contributed by atoms with Crippen molar-refractivity contribution >= 4 is 17.6 Å². The molecule has 0 bridgehead atoms. The van der Waals surface area contributed by atoms with Gasteiger partial charge in [-0.05, 0) is 49.9 Å². The first-order valence-electron chi connectivity index (χ1n) is 12.0. The summed E-state index contributed by atoms with van der Waals surface area (Å²) in [6.45, 7) is 8.23. The van der Waals surface area contributed by atoms with Crippen molar-refractivity contribution in [1.29, 1.82) is 0 Å². The van der Waals surface area contributed by atoms with Crippen molar-refractivity contribution in [2.45, 2.75) is 57.8 Å². The number of ether oxygens (including phenoxy) is 2. The fraction of sp³-hybridized carbons (Fsp3) is 0.519. The van der Waals surface area contributed by atoms with Gasteiger partial charge in [0.05, 0.1) is 13.5 Å². The van der Waals surface area contributed by atoms with Crippen LogP contribution in [-0.2, 0) is 22.5 Å². The van der Waals surface area contributed by atoms with Crippen LogP contribution in [0, 0.1) is 11.7 Å². The Morgan fingerprint density at radius 3 is 2.66 bits per heavy atom. The Hall–Kier alpha value is -2.19. The Morgan fingerprint density at radius 2 is 1.97 bits per heavy atom. The number of nitrogens with one attached hydrogen (secondary N) is 1. The summed E-state index contributed by atoms with van der Waals surface area (Å²) < 4.78 is 24.2. The summed E-state index contributed by atoms with van der Waals surface area (Å²) in [5, 5.41) is 15.2. The van der Waals surface area contributed by atoms with E-state index in [2.05, 4.69) is 36.2 Å². The Morgan fingerprint density at radius 1 is 1.26 bits per heavy atom. The second-order valence-electron chi connectivity index (χ2n) is 9.90. The lowest BCUT2D eigenvalue weighted by atomic mass is 9.88. The maximum Gasteiger partial charge on any atom is 0.310 e. The monoisotopic (exact) mass is 506 g/mol. The van der Waals surface area contributed by atoms with Crippen LogP contribution in [0.3, 0.4) is 0 Å². The number of carbonyl (C=O) groups is 1. The van der Waals surface area contributed by atoms with Crippen molar-refractivity contribution in [3.05, 3.63) is 64.4 Å². The summed E-state index contributed by atoms with van der Waals surface area (Å²) in [4.78, 5) is 14.1. The number of hydrogen-bond donors (Lipinski definition) is 2. The summed E-state index contributed by atoms with van der Waals surface area (Å²) in [5.74, 6) is -0.293. The molecule has 0 unspecified atom stereocenters. The molecule has 2 aromatic rings. The van der Waals surface area contributed by atoms with Crippen molar-refractivity contribution in [2.24, 2.45) is 5.92 Å². The molecule has 0 saturated carbocycles. The molecule has 8 heteroatoms. The second kappa shape index (κ2) is 12.2. The second-order valence-corrected chi connectivity index (χ2v) is 10.3. The zero-order chi connectivity index (χ0) is 25.6. The highest BCUT2D eigenvalue weighted by Gasteiger charge is 2.32. The van der Waals surface area contributed by atoms with Crippen LogP contribution in [0.1, 0.15) is 38.3 Å². The van der Waals surface area contributed by atoms with Crippen LogP contribution < -0.4 is 10.1 Å². The third kappa shape index (κ3) is 8.17. The topological polar surface area (TPSA) is 71.0 Å². The van der Waals surface area contributed by atoms with Gasteiger partial charge in [0.15, 0.2) is 0 Å². The summed E-state index contributed by atoms with van der Waals surface area (Å²) in [7, 11) is 1.30. The predicted molar refractivity (Wildman–Crippen MR) is 135 cm³/mol. The summed E-state index contributed by atoms with van der Waals surface area (Å²) in [5.41, 5.74) is 0.569. The molecule has 1 saturated heterocycles. The van der Waals surface area contributed by atoms with Gasteiger partial charge in [0, 0.05) is 48.4 Å². The van der Waals surface area contributed by atoms with E-state index < -0.39 is 17.4 Å². The van der Waals surface area contributed by atoms with Crippen molar-refractivity contribution in [3.63, 3.8) is 0 Å². The number of rotatable bonds is 10. The minimum atomic E-state index is -1.18. The van der Waals surface area contributed by atoms with E-state index in [9.17, 15) is 14.3 Å². The molecule has 2 aromatic carbocycles. The fourth-order valence-corrected chi connectivity index (χ4v) is 4.55. The zero-order valence-electron chi connectivity index (χ0n) is 20.9. The van der Waals surface area contributed by atoms with E-state index in [-0.39, 0.29) is 24.8 Å². The maximum absolute atomic E-state index is 13.8. The molecule has 4 atom stereocenters. The van der Waals surface area contributed by atoms with Gasteiger partial charge in [-0.1, -0.05) is 36.7 Å². The maximum atomic E-state index is 13.8. The third-order valence-corrected chi connectivity index (χ3v) is 6.85. The number of benzene rings is 2. The molecule has 0 aromatic heterocycles. The molecule has 3 rings (SSSR count). The van der Waals surface area contributed by atoms with Gasteiger partial charge in [-0.3, -0.25) is 9.69 Å². The van der Waals surface area contributed by atoms with Gasteiger partial charge in [0.1, 0.15) is 23.8 Å². The summed E-state index contributed by atoms with van der Waals surface area (Å²) in [6, 6.07) is 12.6. The summed E-state index contributed by atoms with van der Waals surface area (Å²) in [6.07, 6.45) is 0.926. The molecular formula is C27H36ClFN2O4. The highest BCUT2D eigenvalue weighted by atomic mass is 35.5. The molecule has 0 aliphatic carbocycles. The van der Waals surface area contributed by atoms with E-state index >= 15 is 0 Å². The number of nitrogens with zero attached hydrogens (tertiary/aromatic N) is 1. The average Bonchev–Trinajstić information content (AvgIpc) is 2.81. The number of likely N-dealkylation sites (tertiary alicyclic amines) is 1. The Bertz CT molecular complexity index is 986. The standard InChI is InChI=1S/C27H36ClFN2O4/c1-18-14-31(15-20-5-8-22(28)9-6-20)19(2)11-24(18)30-16-27(3,33)17-35-25-13-23(29)10-7-21(25)12-26(32)34-4/h5-10,13,18-19,24,30,33H,11-12,14-17H2,1-4H3/t18-,19+,24+,27+/m1/s1. The molecule has 2 N–H and O–H groups in total. The summed E-state index contributed by atoms with van der Waals surface area (Å²) >= 11 is 6.01. The van der Waals surface area contributed by atoms with E-state index in [0.29, 0.717) is 24.1 Å². The van der Waals surface area contributed by atoms with E-state index in [1.807, 2.05) is 12.1 Å². The lowest BCUT2D eigenvalue weighted by Gasteiger charge is -2.43. The first-order valence-corrected chi connectivity index (χ1v) is 12.4. The normalized spacial score (nSPS) is 22.4. The van der Waals surface area contributed by atoms with Crippen LogP contribution in [0.5, 0.6) is 5.75 Å². The van der Waals surface area contributed by atoms with Gasteiger partial charge in [-0.25, -0.2) is 4.39 Å². The molecule has 0 amide bonds. The van der Waals surface area contributed by atoms with Gasteiger partial charge in [-0.15, -0.1) is 0 Å². The van der Waals surface area contributed by atoms with Gasteiger partial charge < -0.3 is 19.9 Å². The Kier molecular flexibility index (Phi) is 9.53. The SMILES string of the molecule is COC(=O)Cc1ccc(F)cc1OC[C@@](C)(O)CN[C@H]1C[C@H](C)N(Cc2ccc(Cl)cc2)C[C@H]1C. The van der Waals surface area contributed by atoms with Crippen LogP contribution >= 0.6 is 11.6 Å². The van der Waals surface area contributed by atoms with Crippen LogP contribution in [0.15, 0.2) is 42.5 Å². The lowest BCUT2D eigenvalue weighted by Crippen LogP contribution is -2.55. The van der Waals surface area contributed by atoms with Crippen molar-refractivity contribution < 1.29 is 23.8 Å². The fourth-order valence-electron chi connectivity index (χ4n) is 4.43. The van der Waals surface area contributed by atoms with Gasteiger partial charge >= 0.3 is 5.97 Å². The molecule has 35 heavy (non-hydrogen) atoms. The highest BCUT2D eigenvalue weighted by molar-refractivity contribution is 6.30. The number of halogens is 2. The van der Waals surface area contributed by atoms with Crippen molar-refractivity contribution in [1.82, 2.24) is 10.2 Å². The Balaban J connectivity index is 1.52. The minimum Gasteiger partial charge on any atom is -0.490 e. The Labute approximate surface area is 212 Å². The number of piperidine rings is 1. The molecule has 1 aliphatic rings. The quantitative estimate of drug-likeness (QED) is 0.470. The molecule has 0 radical (unpaired) electrons. The smallest absolute Gasteiger partial charge is 0.310 e. The van der Waals surface area contributed by atoms with E-state index in [0.717, 1.165) is 24.5 Å².